The molecular weight excluding hydrogens is 577 g/mol. The Labute approximate surface area is 250 Å². The Kier molecular flexibility index (Phi) is 7.49. The first-order chi connectivity index (χ1) is 20.0. The van der Waals surface area contributed by atoms with Crippen molar-refractivity contribution in [2.75, 3.05) is 23.0 Å². The van der Waals surface area contributed by atoms with Gasteiger partial charge in [0.25, 0.3) is 5.91 Å². The van der Waals surface area contributed by atoms with Crippen LogP contribution in [0.5, 0.6) is 0 Å². The predicted octanol–water partition coefficient (Wildman–Crippen LogP) is 4.62. The lowest BCUT2D eigenvalue weighted by atomic mass is 9.82. The van der Waals surface area contributed by atoms with Gasteiger partial charge in [0, 0.05) is 66.5 Å². The lowest BCUT2D eigenvalue weighted by Crippen LogP contribution is -2.45. The molecule has 4 heterocycles. The van der Waals surface area contributed by atoms with Gasteiger partial charge in [-0.2, -0.15) is 0 Å². The Hall–Kier alpha value is -3.12. The molecule has 3 aliphatic heterocycles. The van der Waals surface area contributed by atoms with Gasteiger partial charge in [0.2, 0.25) is 14.3 Å². The maximum Gasteiger partial charge on any atom is 0.264 e. The molecule has 4 atom stereocenters. The van der Waals surface area contributed by atoms with E-state index < -0.39 is 31.6 Å². The summed E-state index contributed by atoms with van der Waals surface area (Å²) >= 11 is 6.48. The number of fused-ring (bicyclic) bond motifs is 2. The molecular formula is C30H35ClFN5O4Si. The number of aromatic nitrogens is 3. The summed E-state index contributed by atoms with van der Waals surface area (Å²) in [4.78, 5) is 29.8. The number of ether oxygens (including phenoxy) is 1. The number of aliphatic hydroxyl groups excluding tert-OH is 1. The van der Waals surface area contributed by atoms with E-state index in [2.05, 4.69) is 10.3 Å². The zero-order valence-electron chi connectivity index (χ0n) is 24.0. The minimum absolute atomic E-state index is 0.0168. The molecule has 1 aromatic heterocycles. The van der Waals surface area contributed by atoms with Crippen molar-refractivity contribution in [3.63, 3.8) is 0 Å². The standard InChI is InChI=1S/C30H35ClFN5O4Si/c1-19-28(42(2,3)32)26(10-13-35-18-22(12-15-38)33-34-35)41-30(19)24-16-21(31)6-9-25(24)37(29(30)40)17-20-4-7-23(8-5-20)36-14-11-27(36)39/h4-9,16,18-19,26,28,38H,10-15,17H2,1-3H3/t19-,26+,28-,30+/m0/s1. The summed E-state index contributed by atoms with van der Waals surface area (Å²) in [6.07, 6.45) is 2.69. The molecule has 6 rings (SSSR count). The maximum atomic E-state index is 16.1. The molecule has 2 saturated heterocycles. The van der Waals surface area contributed by atoms with Crippen molar-refractivity contribution >= 4 is 43.2 Å². The minimum Gasteiger partial charge on any atom is -0.396 e. The molecule has 2 fully saturated rings. The van der Waals surface area contributed by atoms with Crippen LogP contribution in [0.15, 0.2) is 48.7 Å². The lowest BCUT2D eigenvalue weighted by Gasteiger charge is -2.31. The van der Waals surface area contributed by atoms with Crippen LogP contribution >= 0.6 is 11.6 Å². The summed E-state index contributed by atoms with van der Waals surface area (Å²) in [5.74, 6) is -0.536. The number of carbonyl (C=O) groups excluding carboxylic acids is 2. The highest BCUT2D eigenvalue weighted by atomic mass is 35.5. The Balaban J connectivity index is 1.31. The third-order valence-electron chi connectivity index (χ3n) is 8.96. The number of hydrogen-bond donors (Lipinski definition) is 1. The number of rotatable bonds is 9. The van der Waals surface area contributed by atoms with E-state index in [-0.39, 0.29) is 18.4 Å². The molecule has 222 valence electrons. The highest BCUT2D eigenvalue weighted by molar-refractivity contribution is 6.72. The highest BCUT2D eigenvalue weighted by Crippen LogP contribution is 2.60. The van der Waals surface area contributed by atoms with Crippen LogP contribution in [-0.2, 0) is 39.4 Å². The van der Waals surface area contributed by atoms with Crippen molar-refractivity contribution in [3.05, 3.63) is 70.5 Å². The molecule has 9 nitrogen and oxygen atoms in total. The Morgan fingerprint density at radius 1 is 1.19 bits per heavy atom. The largest absolute Gasteiger partial charge is 0.396 e. The number of hydrogen-bond acceptors (Lipinski definition) is 6. The van der Waals surface area contributed by atoms with E-state index in [1.807, 2.05) is 37.3 Å². The van der Waals surface area contributed by atoms with E-state index in [4.69, 9.17) is 16.3 Å². The summed E-state index contributed by atoms with van der Waals surface area (Å²) in [5, 5.41) is 17.9. The third kappa shape index (κ3) is 4.86. The van der Waals surface area contributed by atoms with Crippen molar-refractivity contribution < 1.29 is 23.5 Å². The molecule has 3 aliphatic rings. The van der Waals surface area contributed by atoms with E-state index in [1.54, 1.807) is 45.9 Å². The van der Waals surface area contributed by atoms with Gasteiger partial charge in [0.15, 0.2) is 5.60 Å². The first kappa shape index (κ1) is 29.0. The molecule has 3 aromatic rings. The third-order valence-corrected chi connectivity index (χ3v) is 11.7. The number of halogens is 2. The van der Waals surface area contributed by atoms with Gasteiger partial charge in [-0.3, -0.25) is 14.3 Å². The molecule has 0 unspecified atom stereocenters. The molecule has 0 aliphatic carbocycles. The zero-order valence-corrected chi connectivity index (χ0v) is 25.7. The SMILES string of the molecule is C[C@H]1[C@H]([Si](C)(C)F)[C@@H](CCn2cc(CCO)nn2)O[C@]12C(=O)N(Cc1ccc(N3CCC3=O)cc1)c1ccc(Cl)cc12. The molecule has 1 N–H and O–H groups in total. The van der Waals surface area contributed by atoms with Crippen LogP contribution in [0.25, 0.3) is 0 Å². The molecule has 2 amide bonds. The van der Waals surface area contributed by atoms with Gasteiger partial charge in [-0.1, -0.05) is 35.9 Å². The van der Waals surface area contributed by atoms with Crippen LogP contribution < -0.4 is 9.80 Å². The number of nitrogens with zero attached hydrogens (tertiary/aromatic N) is 5. The van der Waals surface area contributed by atoms with Gasteiger partial charge in [-0.25, -0.2) is 0 Å². The van der Waals surface area contributed by atoms with Crippen molar-refractivity contribution in [3.8, 4) is 0 Å². The van der Waals surface area contributed by atoms with Crippen LogP contribution in [0.2, 0.25) is 23.7 Å². The molecule has 0 radical (unpaired) electrons. The van der Waals surface area contributed by atoms with E-state index in [1.165, 1.54) is 0 Å². The Morgan fingerprint density at radius 2 is 1.95 bits per heavy atom. The first-order valence-electron chi connectivity index (χ1n) is 14.4. The highest BCUT2D eigenvalue weighted by Gasteiger charge is 2.66. The fraction of sp³-hybridized carbons (Fsp3) is 0.467. The molecule has 1 spiro atoms. The second-order valence-electron chi connectivity index (χ2n) is 12.0. The number of aliphatic hydroxyl groups is 1. The van der Waals surface area contributed by atoms with Crippen LogP contribution in [0.1, 0.15) is 36.6 Å². The summed E-state index contributed by atoms with van der Waals surface area (Å²) in [7, 11) is -3.31. The minimum atomic E-state index is -3.31. The van der Waals surface area contributed by atoms with Gasteiger partial charge >= 0.3 is 0 Å². The lowest BCUT2D eigenvalue weighted by molar-refractivity contribution is -0.146. The molecule has 0 saturated carbocycles. The number of aryl methyl sites for hydroxylation is 1. The summed E-state index contributed by atoms with van der Waals surface area (Å²) < 4.78 is 24.5. The second-order valence-corrected chi connectivity index (χ2v) is 16.3. The topological polar surface area (TPSA) is 101 Å². The van der Waals surface area contributed by atoms with E-state index in [0.717, 1.165) is 11.3 Å². The first-order valence-corrected chi connectivity index (χ1v) is 17.7. The fourth-order valence-corrected chi connectivity index (χ4v) is 9.65. The van der Waals surface area contributed by atoms with Crippen molar-refractivity contribution in [2.45, 2.75) is 69.6 Å². The van der Waals surface area contributed by atoms with Crippen LogP contribution in [0.3, 0.4) is 0 Å². The number of benzene rings is 2. The molecule has 42 heavy (non-hydrogen) atoms. The van der Waals surface area contributed by atoms with E-state index in [9.17, 15) is 14.7 Å². The summed E-state index contributed by atoms with van der Waals surface area (Å²) in [5.41, 5.74) is 2.01. The molecule has 12 heteroatoms. The number of β-lactam (4-membered cyclic amide) rings is 1. The van der Waals surface area contributed by atoms with E-state index >= 15 is 4.11 Å². The maximum absolute atomic E-state index is 16.1. The summed E-state index contributed by atoms with van der Waals surface area (Å²) in [6, 6.07) is 13.1. The van der Waals surface area contributed by atoms with Crippen LogP contribution in [0, 0.1) is 5.92 Å². The van der Waals surface area contributed by atoms with Crippen molar-refractivity contribution in [1.82, 2.24) is 15.0 Å². The summed E-state index contributed by atoms with van der Waals surface area (Å²) in [6.45, 7) is 6.73. The second kappa shape index (κ2) is 10.9. The van der Waals surface area contributed by atoms with Gasteiger partial charge in [-0.15, -0.1) is 5.10 Å². The zero-order chi connectivity index (χ0) is 29.8. The van der Waals surface area contributed by atoms with Gasteiger partial charge in [-0.05, 0) is 55.4 Å². The smallest absolute Gasteiger partial charge is 0.264 e. The van der Waals surface area contributed by atoms with Gasteiger partial charge in [0.05, 0.1) is 24.0 Å². The Morgan fingerprint density at radius 3 is 2.60 bits per heavy atom. The van der Waals surface area contributed by atoms with Crippen LogP contribution in [-0.4, -0.2) is 59.6 Å². The number of carbonyl (C=O) groups is 2. The quantitative estimate of drug-likeness (QED) is 0.215. The Bertz CT molecular complexity index is 1510. The number of amides is 2. The average molecular weight is 612 g/mol. The van der Waals surface area contributed by atoms with Crippen molar-refractivity contribution in [1.29, 1.82) is 0 Å². The fourth-order valence-electron chi connectivity index (χ4n) is 6.93. The number of anilines is 2. The molecule has 0 bridgehead atoms. The predicted molar refractivity (Wildman–Crippen MR) is 160 cm³/mol. The molecule has 2 aromatic carbocycles. The average Bonchev–Trinajstić information content (AvgIpc) is 3.58. The van der Waals surface area contributed by atoms with Crippen LogP contribution in [0.4, 0.5) is 15.5 Å². The van der Waals surface area contributed by atoms with Crippen molar-refractivity contribution in [2.24, 2.45) is 5.92 Å². The van der Waals surface area contributed by atoms with Gasteiger partial charge < -0.3 is 23.8 Å². The van der Waals surface area contributed by atoms with E-state index in [0.29, 0.717) is 60.9 Å². The van der Waals surface area contributed by atoms with Gasteiger partial charge in [0.1, 0.15) is 0 Å². The normalized spacial score (nSPS) is 25.4. The monoisotopic (exact) mass is 611 g/mol.